The third kappa shape index (κ3) is 4.86. The first kappa shape index (κ1) is 13.5. The summed E-state index contributed by atoms with van der Waals surface area (Å²) in [5.74, 6) is -0.0597. The second-order valence-electron chi connectivity index (χ2n) is 3.18. The molecule has 1 aromatic carbocycles. The summed E-state index contributed by atoms with van der Waals surface area (Å²) in [6.07, 6.45) is -0.108. The number of hydrogen-bond acceptors (Lipinski definition) is 3. The molecule has 0 radical (unpaired) electrons. The molecule has 5 nitrogen and oxygen atoms in total. The molecule has 0 spiro atoms. The highest BCUT2D eigenvalue weighted by molar-refractivity contribution is 9.09. The highest BCUT2D eigenvalue weighted by Gasteiger charge is 2.02. The van der Waals surface area contributed by atoms with Gasteiger partial charge in [0.2, 0.25) is 5.91 Å². The Morgan fingerprint density at radius 1 is 1.18 bits per heavy atom. The number of halogens is 1. The van der Waals surface area contributed by atoms with Gasteiger partial charge in [0, 0.05) is 23.1 Å². The van der Waals surface area contributed by atoms with Crippen molar-refractivity contribution in [2.75, 3.05) is 23.1 Å². The van der Waals surface area contributed by atoms with Gasteiger partial charge < -0.3 is 10.1 Å². The predicted octanol–water partition coefficient (Wildman–Crippen LogP) is 2.59. The minimum atomic E-state index is -0.527. The van der Waals surface area contributed by atoms with Crippen LogP contribution in [0.4, 0.5) is 16.2 Å². The molecule has 1 aromatic rings. The molecule has 2 amide bonds. The molecule has 0 unspecified atom stereocenters. The van der Waals surface area contributed by atoms with Crippen molar-refractivity contribution in [1.82, 2.24) is 0 Å². The van der Waals surface area contributed by atoms with Crippen molar-refractivity contribution in [3.8, 4) is 0 Å². The van der Waals surface area contributed by atoms with Crippen molar-refractivity contribution in [3.05, 3.63) is 24.3 Å². The summed E-state index contributed by atoms with van der Waals surface area (Å²) < 4.78 is 4.46. The van der Waals surface area contributed by atoms with E-state index in [1.807, 2.05) is 0 Å². The molecule has 2 N–H and O–H groups in total. The fraction of sp³-hybridized carbons (Fsp3) is 0.273. The molecule has 0 aliphatic rings. The van der Waals surface area contributed by atoms with Crippen LogP contribution in [0.2, 0.25) is 0 Å². The fourth-order valence-electron chi connectivity index (χ4n) is 1.12. The Hall–Kier alpha value is -1.56. The van der Waals surface area contributed by atoms with Crippen LogP contribution in [0, 0.1) is 0 Å². The second-order valence-corrected chi connectivity index (χ2v) is 3.97. The van der Waals surface area contributed by atoms with Gasteiger partial charge in [0.25, 0.3) is 0 Å². The normalized spacial score (nSPS) is 9.53. The zero-order valence-corrected chi connectivity index (χ0v) is 10.9. The average molecular weight is 301 g/mol. The monoisotopic (exact) mass is 300 g/mol. The second kappa shape index (κ2) is 6.90. The smallest absolute Gasteiger partial charge is 0.411 e. The number of alkyl halides is 1. The predicted molar refractivity (Wildman–Crippen MR) is 69.5 cm³/mol. The number of anilines is 2. The molecule has 0 aliphatic heterocycles. The molecule has 0 saturated carbocycles. The first-order valence-electron chi connectivity index (χ1n) is 4.96. The van der Waals surface area contributed by atoms with Crippen LogP contribution >= 0.6 is 15.9 Å². The summed E-state index contributed by atoms with van der Waals surface area (Å²) in [4.78, 5) is 22.2. The maximum atomic E-state index is 11.3. The van der Waals surface area contributed by atoms with Gasteiger partial charge >= 0.3 is 6.09 Å². The summed E-state index contributed by atoms with van der Waals surface area (Å²) in [7, 11) is 1.30. The van der Waals surface area contributed by atoms with Crippen LogP contribution in [0.3, 0.4) is 0 Å². The van der Waals surface area contributed by atoms with Gasteiger partial charge in [-0.1, -0.05) is 15.9 Å². The van der Waals surface area contributed by atoms with E-state index >= 15 is 0 Å². The number of benzene rings is 1. The SMILES string of the molecule is COC(=O)Nc1ccc(NC(=O)CCBr)cc1. The maximum Gasteiger partial charge on any atom is 0.411 e. The highest BCUT2D eigenvalue weighted by Crippen LogP contribution is 2.14. The summed E-state index contributed by atoms with van der Waals surface area (Å²) in [6, 6.07) is 6.77. The lowest BCUT2D eigenvalue weighted by molar-refractivity contribution is -0.115. The van der Waals surface area contributed by atoms with Crippen LogP contribution in [0.1, 0.15) is 6.42 Å². The van der Waals surface area contributed by atoms with Crippen molar-refractivity contribution in [2.24, 2.45) is 0 Å². The van der Waals surface area contributed by atoms with Gasteiger partial charge in [-0.25, -0.2) is 4.79 Å². The van der Waals surface area contributed by atoms with Crippen molar-refractivity contribution in [2.45, 2.75) is 6.42 Å². The van der Waals surface area contributed by atoms with E-state index in [0.717, 1.165) is 0 Å². The van der Waals surface area contributed by atoms with Crippen molar-refractivity contribution >= 4 is 39.3 Å². The Labute approximate surface area is 108 Å². The van der Waals surface area contributed by atoms with Gasteiger partial charge in [-0.05, 0) is 24.3 Å². The van der Waals surface area contributed by atoms with E-state index in [1.165, 1.54) is 7.11 Å². The van der Waals surface area contributed by atoms with E-state index in [2.05, 4.69) is 31.3 Å². The topological polar surface area (TPSA) is 67.4 Å². The molecule has 6 heteroatoms. The van der Waals surface area contributed by atoms with E-state index in [-0.39, 0.29) is 5.91 Å². The van der Waals surface area contributed by atoms with E-state index < -0.39 is 6.09 Å². The minimum Gasteiger partial charge on any atom is -0.453 e. The highest BCUT2D eigenvalue weighted by atomic mass is 79.9. The van der Waals surface area contributed by atoms with Gasteiger partial charge in [0.15, 0.2) is 0 Å². The van der Waals surface area contributed by atoms with Crippen LogP contribution in [-0.4, -0.2) is 24.4 Å². The third-order valence-electron chi connectivity index (χ3n) is 1.92. The summed E-state index contributed by atoms with van der Waals surface area (Å²) in [5.41, 5.74) is 1.29. The minimum absolute atomic E-state index is 0.0597. The summed E-state index contributed by atoms with van der Waals surface area (Å²) >= 11 is 3.19. The van der Waals surface area contributed by atoms with Crippen LogP contribution in [0.15, 0.2) is 24.3 Å². The molecular weight excluding hydrogens is 288 g/mol. The number of nitrogens with one attached hydrogen (secondary N) is 2. The number of ether oxygens (including phenoxy) is 1. The Morgan fingerprint density at radius 3 is 2.18 bits per heavy atom. The van der Waals surface area contributed by atoms with Crippen LogP contribution in [0.5, 0.6) is 0 Å². The molecule has 0 saturated heterocycles. The van der Waals surface area contributed by atoms with Gasteiger partial charge in [-0.3, -0.25) is 10.1 Å². The zero-order chi connectivity index (χ0) is 12.7. The maximum absolute atomic E-state index is 11.3. The molecule has 0 heterocycles. The lowest BCUT2D eigenvalue weighted by atomic mass is 10.2. The quantitative estimate of drug-likeness (QED) is 0.840. The molecule has 0 aromatic heterocycles. The first-order chi connectivity index (χ1) is 8.15. The molecule has 92 valence electrons. The van der Waals surface area contributed by atoms with Crippen LogP contribution < -0.4 is 10.6 Å². The summed E-state index contributed by atoms with van der Waals surface area (Å²) in [6.45, 7) is 0. The first-order valence-corrected chi connectivity index (χ1v) is 6.08. The van der Waals surface area contributed by atoms with Gasteiger partial charge in [0.05, 0.1) is 7.11 Å². The molecule has 1 rings (SSSR count). The third-order valence-corrected chi connectivity index (χ3v) is 2.32. The number of carbonyl (C=O) groups excluding carboxylic acids is 2. The Bertz CT molecular complexity index is 392. The van der Waals surface area contributed by atoms with E-state index in [9.17, 15) is 9.59 Å². The molecule has 0 atom stereocenters. The van der Waals surface area contributed by atoms with Crippen LogP contribution in [-0.2, 0) is 9.53 Å². The lowest BCUT2D eigenvalue weighted by Gasteiger charge is -2.06. The van der Waals surface area contributed by atoms with Gasteiger partial charge in [-0.15, -0.1) is 0 Å². The number of carbonyl (C=O) groups is 2. The van der Waals surface area contributed by atoms with Crippen molar-refractivity contribution in [1.29, 1.82) is 0 Å². The van der Waals surface area contributed by atoms with Crippen molar-refractivity contribution in [3.63, 3.8) is 0 Å². The number of methoxy groups -OCH3 is 1. The lowest BCUT2D eigenvalue weighted by Crippen LogP contribution is -2.12. The summed E-state index contributed by atoms with van der Waals surface area (Å²) in [5, 5.41) is 5.87. The molecule has 0 aliphatic carbocycles. The fourth-order valence-corrected chi connectivity index (χ4v) is 1.48. The zero-order valence-electron chi connectivity index (χ0n) is 9.33. The van der Waals surface area contributed by atoms with E-state index in [1.54, 1.807) is 24.3 Å². The Balaban J connectivity index is 2.55. The van der Waals surface area contributed by atoms with E-state index in [0.29, 0.717) is 23.1 Å². The van der Waals surface area contributed by atoms with Crippen LogP contribution in [0.25, 0.3) is 0 Å². The number of hydrogen-bond donors (Lipinski definition) is 2. The van der Waals surface area contributed by atoms with Gasteiger partial charge in [-0.2, -0.15) is 0 Å². The molecule has 0 bridgehead atoms. The molecular formula is C11H13BrN2O3. The van der Waals surface area contributed by atoms with Crippen molar-refractivity contribution < 1.29 is 14.3 Å². The number of amides is 2. The standard InChI is InChI=1S/C11H13BrN2O3/c1-17-11(16)14-9-4-2-8(3-5-9)13-10(15)6-7-12/h2-5H,6-7H2,1H3,(H,13,15)(H,14,16). The number of rotatable bonds is 4. The largest absolute Gasteiger partial charge is 0.453 e. The Kier molecular flexibility index (Phi) is 5.48. The molecule has 0 fully saturated rings. The van der Waals surface area contributed by atoms with Gasteiger partial charge in [0.1, 0.15) is 0 Å². The average Bonchev–Trinajstić information content (AvgIpc) is 2.32. The Morgan fingerprint density at radius 2 is 1.71 bits per heavy atom. The van der Waals surface area contributed by atoms with E-state index in [4.69, 9.17) is 0 Å². The molecule has 17 heavy (non-hydrogen) atoms.